The number of nitrogens with zero attached hydrogens (tertiary/aromatic N) is 2. The molecule has 1 aliphatic carbocycles. The van der Waals surface area contributed by atoms with Crippen LogP contribution in [-0.4, -0.2) is 50.2 Å². The summed E-state index contributed by atoms with van der Waals surface area (Å²) < 4.78 is 34.4. The summed E-state index contributed by atoms with van der Waals surface area (Å²) in [7, 11) is 0.492. The SMILES string of the molecule is C[N+](C)(CCNS(=O)(=O)c1ccccc1)Cc1cnc(C(O)(c2ccccc2)C2CCCCC2)o1. The molecule has 8 heteroatoms. The van der Waals surface area contributed by atoms with E-state index in [1.165, 1.54) is 6.42 Å². The summed E-state index contributed by atoms with van der Waals surface area (Å²) in [5, 5.41) is 12.0. The molecule has 7 nitrogen and oxygen atoms in total. The minimum atomic E-state index is -3.54. The van der Waals surface area contributed by atoms with Crippen molar-refractivity contribution in [2.45, 2.75) is 49.1 Å². The predicted molar refractivity (Wildman–Crippen MR) is 135 cm³/mol. The van der Waals surface area contributed by atoms with E-state index in [1.54, 1.807) is 36.5 Å². The third kappa shape index (κ3) is 6.01. The first-order chi connectivity index (χ1) is 16.7. The summed E-state index contributed by atoms with van der Waals surface area (Å²) in [6.45, 7) is 1.38. The van der Waals surface area contributed by atoms with Crippen LogP contribution in [0.5, 0.6) is 0 Å². The molecule has 1 aromatic heterocycles. The normalized spacial score (nSPS) is 17.2. The molecule has 0 amide bonds. The van der Waals surface area contributed by atoms with Crippen LogP contribution in [0.1, 0.15) is 49.3 Å². The van der Waals surface area contributed by atoms with Crippen molar-refractivity contribution in [2.75, 3.05) is 27.2 Å². The van der Waals surface area contributed by atoms with Gasteiger partial charge in [0.1, 0.15) is 6.54 Å². The molecule has 0 spiro atoms. The number of nitrogens with one attached hydrogen (secondary N) is 1. The zero-order valence-electron chi connectivity index (χ0n) is 20.6. The zero-order valence-corrected chi connectivity index (χ0v) is 21.4. The van der Waals surface area contributed by atoms with E-state index in [1.807, 2.05) is 44.4 Å². The Morgan fingerprint density at radius 2 is 1.66 bits per heavy atom. The minimum Gasteiger partial charge on any atom is -0.436 e. The highest BCUT2D eigenvalue weighted by molar-refractivity contribution is 7.89. The molecule has 4 rings (SSSR count). The van der Waals surface area contributed by atoms with Gasteiger partial charge in [0.05, 0.1) is 38.3 Å². The fraction of sp³-hybridized carbons (Fsp3) is 0.444. The molecule has 0 bridgehead atoms. The average molecular weight is 499 g/mol. The molecule has 2 N–H and O–H groups in total. The second-order valence-electron chi connectivity index (χ2n) is 10.1. The van der Waals surface area contributed by atoms with E-state index >= 15 is 0 Å². The molecule has 188 valence electrons. The Hall–Kier alpha value is -2.52. The number of aromatic nitrogens is 1. The second-order valence-corrected chi connectivity index (χ2v) is 11.9. The maximum absolute atomic E-state index is 12.5. The molecule has 1 saturated carbocycles. The Labute approximate surface area is 208 Å². The van der Waals surface area contributed by atoms with Crippen LogP contribution in [0.3, 0.4) is 0 Å². The van der Waals surface area contributed by atoms with Gasteiger partial charge in [-0.3, -0.25) is 0 Å². The summed E-state index contributed by atoms with van der Waals surface area (Å²) >= 11 is 0. The first-order valence-corrected chi connectivity index (χ1v) is 13.8. The number of rotatable bonds is 10. The first kappa shape index (κ1) is 25.6. The summed E-state index contributed by atoms with van der Waals surface area (Å²) in [5.74, 6) is 1.07. The molecule has 1 atom stereocenters. The van der Waals surface area contributed by atoms with Gasteiger partial charge in [-0.05, 0) is 30.5 Å². The first-order valence-electron chi connectivity index (χ1n) is 12.3. The zero-order chi connectivity index (χ0) is 24.9. The molecule has 35 heavy (non-hydrogen) atoms. The molecule has 0 aliphatic heterocycles. The Kier molecular flexibility index (Phi) is 7.76. The van der Waals surface area contributed by atoms with Gasteiger partial charge in [-0.2, -0.15) is 0 Å². The van der Waals surface area contributed by atoms with Gasteiger partial charge in [0.25, 0.3) is 0 Å². The van der Waals surface area contributed by atoms with Crippen LogP contribution < -0.4 is 4.72 Å². The lowest BCUT2D eigenvalue weighted by Gasteiger charge is -2.36. The lowest BCUT2D eigenvalue weighted by atomic mass is 9.73. The fourth-order valence-corrected chi connectivity index (χ4v) is 6.01. The lowest BCUT2D eigenvalue weighted by molar-refractivity contribution is -0.903. The van der Waals surface area contributed by atoms with E-state index < -0.39 is 15.6 Å². The summed E-state index contributed by atoms with van der Waals surface area (Å²) in [6, 6.07) is 18.1. The van der Waals surface area contributed by atoms with E-state index in [0.717, 1.165) is 31.2 Å². The number of hydrogen-bond acceptors (Lipinski definition) is 5. The van der Waals surface area contributed by atoms with Crippen LogP contribution in [0.2, 0.25) is 0 Å². The molecule has 2 aromatic carbocycles. The number of hydrogen-bond donors (Lipinski definition) is 2. The molecule has 1 unspecified atom stereocenters. The summed E-state index contributed by atoms with van der Waals surface area (Å²) in [6.07, 6.45) is 6.95. The largest absolute Gasteiger partial charge is 0.436 e. The predicted octanol–water partition coefficient (Wildman–Crippen LogP) is 4.05. The van der Waals surface area contributed by atoms with Gasteiger partial charge in [0.2, 0.25) is 15.9 Å². The van der Waals surface area contributed by atoms with Crippen molar-refractivity contribution in [3.8, 4) is 0 Å². The van der Waals surface area contributed by atoms with Crippen LogP contribution >= 0.6 is 0 Å². The third-order valence-electron chi connectivity index (χ3n) is 6.94. The lowest BCUT2D eigenvalue weighted by Crippen LogP contribution is -2.44. The third-order valence-corrected chi connectivity index (χ3v) is 8.41. The Morgan fingerprint density at radius 3 is 2.31 bits per heavy atom. The molecule has 0 radical (unpaired) electrons. The van der Waals surface area contributed by atoms with Crippen molar-refractivity contribution in [2.24, 2.45) is 5.92 Å². The van der Waals surface area contributed by atoms with Crippen LogP contribution in [-0.2, 0) is 22.2 Å². The molecule has 1 aliphatic rings. The van der Waals surface area contributed by atoms with Crippen molar-refractivity contribution < 1.29 is 22.4 Å². The number of likely N-dealkylation sites (N-methyl/N-ethyl adjacent to an activating group) is 1. The highest BCUT2D eigenvalue weighted by atomic mass is 32.2. The molecule has 1 fully saturated rings. The average Bonchev–Trinajstić information content (AvgIpc) is 3.33. The van der Waals surface area contributed by atoms with Crippen LogP contribution in [0, 0.1) is 5.92 Å². The smallest absolute Gasteiger partial charge is 0.240 e. The van der Waals surface area contributed by atoms with E-state index in [4.69, 9.17) is 4.42 Å². The maximum atomic E-state index is 12.5. The second kappa shape index (κ2) is 10.6. The van der Waals surface area contributed by atoms with Gasteiger partial charge in [0.15, 0.2) is 11.4 Å². The highest BCUT2D eigenvalue weighted by Crippen LogP contribution is 2.43. The monoisotopic (exact) mass is 498 g/mol. The van der Waals surface area contributed by atoms with Gasteiger partial charge in [-0.25, -0.2) is 18.1 Å². The van der Waals surface area contributed by atoms with Crippen molar-refractivity contribution in [3.05, 3.63) is 84.1 Å². The van der Waals surface area contributed by atoms with Gasteiger partial charge < -0.3 is 14.0 Å². The number of benzene rings is 2. The van der Waals surface area contributed by atoms with E-state index in [0.29, 0.717) is 35.8 Å². The van der Waals surface area contributed by atoms with Crippen molar-refractivity contribution in [1.29, 1.82) is 0 Å². The van der Waals surface area contributed by atoms with Crippen molar-refractivity contribution in [3.63, 3.8) is 0 Å². The van der Waals surface area contributed by atoms with Crippen molar-refractivity contribution in [1.82, 2.24) is 9.71 Å². The molecule has 3 aromatic rings. The summed E-state index contributed by atoms with van der Waals surface area (Å²) in [4.78, 5) is 4.80. The van der Waals surface area contributed by atoms with E-state index in [-0.39, 0.29) is 10.8 Å². The van der Waals surface area contributed by atoms with Gasteiger partial charge in [-0.15, -0.1) is 0 Å². The maximum Gasteiger partial charge on any atom is 0.240 e. The molecule has 0 saturated heterocycles. The van der Waals surface area contributed by atoms with Gasteiger partial charge in [-0.1, -0.05) is 67.8 Å². The Balaban J connectivity index is 1.45. The quantitative estimate of drug-likeness (QED) is 0.412. The van der Waals surface area contributed by atoms with Crippen molar-refractivity contribution >= 4 is 10.0 Å². The number of sulfonamides is 1. The Morgan fingerprint density at radius 1 is 1.03 bits per heavy atom. The number of aliphatic hydroxyl groups is 1. The van der Waals surface area contributed by atoms with E-state index in [9.17, 15) is 13.5 Å². The topological polar surface area (TPSA) is 92.4 Å². The Bertz CT molecular complexity index is 1190. The van der Waals surface area contributed by atoms with Gasteiger partial charge >= 0.3 is 0 Å². The van der Waals surface area contributed by atoms with Crippen LogP contribution in [0.15, 0.2) is 76.2 Å². The number of quaternary nitrogens is 1. The highest BCUT2D eigenvalue weighted by Gasteiger charge is 2.44. The number of oxazole rings is 1. The fourth-order valence-electron chi connectivity index (χ4n) is 4.97. The van der Waals surface area contributed by atoms with E-state index in [2.05, 4.69) is 9.71 Å². The molecular weight excluding hydrogens is 462 g/mol. The molecule has 1 heterocycles. The van der Waals surface area contributed by atoms with Crippen LogP contribution in [0.25, 0.3) is 0 Å². The standard InChI is InChI=1S/C27H36N3O4S/c1-30(2,19-18-29-35(32,33)25-16-10-5-11-17-25)21-24-20-28-26(34-24)27(31,22-12-6-3-7-13-22)23-14-8-4-9-15-23/h3,5-7,10-13,16-17,20,23,29,31H,4,8-9,14-15,18-19,21H2,1-2H3/q+1. The van der Waals surface area contributed by atoms with Crippen LogP contribution in [0.4, 0.5) is 0 Å². The molecular formula is C27H36N3O4S+. The summed E-state index contributed by atoms with van der Waals surface area (Å²) in [5.41, 5.74) is -0.452. The van der Waals surface area contributed by atoms with Gasteiger partial charge in [0, 0.05) is 5.92 Å². The minimum absolute atomic E-state index is 0.0556.